The quantitative estimate of drug-likeness (QED) is 0.874. The van der Waals surface area contributed by atoms with Gasteiger partial charge in [0.15, 0.2) is 0 Å². The first-order chi connectivity index (χ1) is 9.56. The van der Waals surface area contributed by atoms with Crippen LogP contribution >= 0.6 is 0 Å². The lowest BCUT2D eigenvalue weighted by atomic mass is 10.1. The number of hydrogen-bond acceptors (Lipinski definition) is 3. The summed E-state index contributed by atoms with van der Waals surface area (Å²) in [5.74, 6) is -1.60. The molecule has 20 heavy (non-hydrogen) atoms. The number of hydrogen-bond donors (Lipinski definition) is 2. The van der Waals surface area contributed by atoms with Gasteiger partial charge < -0.3 is 14.9 Å². The number of carboxylic acid groups (broad SMARTS) is 2. The predicted octanol–water partition coefficient (Wildman–Crippen LogP) is 2.66. The summed E-state index contributed by atoms with van der Waals surface area (Å²) in [6, 6.07) is 12.5. The van der Waals surface area contributed by atoms with E-state index >= 15 is 0 Å². The average Bonchev–Trinajstić information content (AvgIpc) is 2.45. The van der Waals surface area contributed by atoms with Gasteiger partial charge in [0.2, 0.25) is 0 Å². The van der Waals surface area contributed by atoms with Gasteiger partial charge in [0.1, 0.15) is 12.4 Å². The molecule has 0 bridgehead atoms. The van der Waals surface area contributed by atoms with Gasteiger partial charge in [-0.05, 0) is 35.9 Å². The van der Waals surface area contributed by atoms with Crippen molar-refractivity contribution in [1.29, 1.82) is 0 Å². The molecule has 0 spiro atoms. The Balaban J connectivity index is 2.08. The van der Waals surface area contributed by atoms with Crippen molar-refractivity contribution in [2.24, 2.45) is 0 Å². The van der Waals surface area contributed by atoms with E-state index in [4.69, 9.17) is 14.9 Å². The van der Waals surface area contributed by atoms with Crippen LogP contribution in [0.5, 0.6) is 5.75 Å². The van der Waals surface area contributed by atoms with E-state index < -0.39 is 11.9 Å². The standard InChI is InChI=1S/C15H12O5/c16-14(17)11-4-1-3-10(7-11)9-20-13-6-2-5-12(8-13)15(18)19/h1-8H,9H2,(H,16,17)(H,18,19). The van der Waals surface area contributed by atoms with Crippen molar-refractivity contribution in [3.63, 3.8) is 0 Å². The molecule has 0 saturated carbocycles. The van der Waals surface area contributed by atoms with Crippen LogP contribution in [0.3, 0.4) is 0 Å². The lowest BCUT2D eigenvalue weighted by Gasteiger charge is -2.07. The van der Waals surface area contributed by atoms with E-state index in [9.17, 15) is 9.59 Å². The van der Waals surface area contributed by atoms with Crippen molar-refractivity contribution < 1.29 is 24.5 Å². The van der Waals surface area contributed by atoms with Crippen LogP contribution in [0.25, 0.3) is 0 Å². The predicted molar refractivity (Wildman–Crippen MR) is 71.1 cm³/mol. The molecule has 2 aromatic rings. The zero-order valence-corrected chi connectivity index (χ0v) is 10.4. The molecular weight excluding hydrogens is 260 g/mol. The normalized spacial score (nSPS) is 10.0. The van der Waals surface area contributed by atoms with Crippen molar-refractivity contribution in [1.82, 2.24) is 0 Å². The maximum atomic E-state index is 10.8. The Morgan fingerprint density at radius 3 is 2.15 bits per heavy atom. The van der Waals surface area contributed by atoms with Gasteiger partial charge in [-0.2, -0.15) is 0 Å². The van der Waals surface area contributed by atoms with Crippen molar-refractivity contribution in [3.05, 3.63) is 65.2 Å². The molecule has 2 N–H and O–H groups in total. The SMILES string of the molecule is O=C(O)c1cccc(COc2cccc(C(=O)O)c2)c1. The molecule has 2 aromatic carbocycles. The van der Waals surface area contributed by atoms with Crippen LogP contribution in [0.1, 0.15) is 26.3 Å². The van der Waals surface area contributed by atoms with E-state index in [1.165, 1.54) is 24.3 Å². The summed E-state index contributed by atoms with van der Waals surface area (Å²) in [5, 5.41) is 17.8. The molecule has 0 amide bonds. The van der Waals surface area contributed by atoms with Gasteiger partial charge in [-0.3, -0.25) is 0 Å². The van der Waals surface area contributed by atoms with E-state index in [2.05, 4.69) is 0 Å². The van der Waals surface area contributed by atoms with E-state index in [0.29, 0.717) is 11.3 Å². The topological polar surface area (TPSA) is 83.8 Å². The highest BCUT2D eigenvalue weighted by atomic mass is 16.5. The molecule has 0 heterocycles. The molecule has 2 rings (SSSR count). The van der Waals surface area contributed by atoms with Crippen LogP contribution in [-0.2, 0) is 6.61 Å². The minimum Gasteiger partial charge on any atom is -0.489 e. The van der Waals surface area contributed by atoms with E-state index in [0.717, 1.165) is 0 Å². The zero-order chi connectivity index (χ0) is 14.5. The molecular formula is C15H12O5. The first kappa shape index (κ1) is 13.6. The Kier molecular flexibility index (Phi) is 4.00. The highest BCUT2D eigenvalue weighted by Crippen LogP contribution is 2.15. The van der Waals surface area contributed by atoms with Crippen molar-refractivity contribution in [2.45, 2.75) is 6.61 Å². The molecule has 0 unspecified atom stereocenters. The van der Waals surface area contributed by atoms with E-state index in [1.54, 1.807) is 24.3 Å². The molecule has 102 valence electrons. The third-order valence-electron chi connectivity index (χ3n) is 2.66. The summed E-state index contributed by atoms with van der Waals surface area (Å²) in [4.78, 5) is 21.7. The van der Waals surface area contributed by atoms with Crippen molar-refractivity contribution >= 4 is 11.9 Å². The molecule has 0 fully saturated rings. The van der Waals surface area contributed by atoms with Gasteiger partial charge in [0.05, 0.1) is 11.1 Å². The molecule has 0 aliphatic heterocycles. The lowest BCUT2D eigenvalue weighted by Crippen LogP contribution is -2.01. The minimum atomic E-state index is -1.02. The number of ether oxygens (including phenoxy) is 1. The Hall–Kier alpha value is -2.82. The summed E-state index contributed by atoms with van der Waals surface area (Å²) >= 11 is 0. The second-order valence-corrected chi connectivity index (χ2v) is 4.13. The van der Waals surface area contributed by atoms with Crippen molar-refractivity contribution in [2.75, 3.05) is 0 Å². The van der Waals surface area contributed by atoms with E-state index in [-0.39, 0.29) is 17.7 Å². The van der Waals surface area contributed by atoms with Crippen LogP contribution in [0.4, 0.5) is 0 Å². The second-order valence-electron chi connectivity index (χ2n) is 4.13. The smallest absolute Gasteiger partial charge is 0.335 e. The molecule has 0 saturated heterocycles. The highest BCUT2D eigenvalue weighted by Gasteiger charge is 2.06. The average molecular weight is 272 g/mol. The maximum absolute atomic E-state index is 10.8. The monoisotopic (exact) mass is 272 g/mol. The maximum Gasteiger partial charge on any atom is 0.335 e. The first-order valence-corrected chi connectivity index (χ1v) is 5.84. The molecule has 0 radical (unpaired) electrons. The fourth-order valence-electron chi connectivity index (χ4n) is 1.68. The highest BCUT2D eigenvalue weighted by molar-refractivity contribution is 5.88. The fraction of sp³-hybridized carbons (Fsp3) is 0.0667. The Bertz CT molecular complexity index is 591. The molecule has 0 atom stereocenters. The lowest BCUT2D eigenvalue weighted by molar-refractivity contribution is 0.0685. The van der Waals surface area contributed by atoms with Crippen LogP contribution in [-0.4, -0.2) is 22.2 Å². The van der Waals surface area contributed by atoms with Gasteiger partial charge in [-0.15, -0.1) is 0 Å². The largest absolute Gasteiger partial charge is 0.489 e. The fourth-order valence-corrected chi connectivity index (χ4v) is 1.68. The number of carbonyl (C=O) groups is 2. The minimum absolute atomic E-state index is 0.141. The Morgan fingerprint density at radius 1 is 0.900 bits per heavy atom. The molecule has 0 aliphatic carbocycles. The zero-order valence-electron chi connectivity index (χ0n) is 10.4. The molecule has 0 aromatic heterocycles. The summed E-state index contributed by atoms with van der Waals surface area (Å²) < 4.78 is 5.46. The first-order valence-electron chi connectivity index (χ1n) is 5.84. The number of aromatic carboxylic acids is 2. The van der Waals surface area contributed by atoms with E-state index in [1.807, 2.05) is 0 Å². The van der Waals surface area contributed by atoms with Crippen LogP contribution < -0.4 is 4.74 Å². The van der Waals surface area contributed by atoms with Crippen LogP contribution in [0, 0.1) is 0 Å². The van der Waals surface area contributed by atoms with Crippen molar-refractivity contribution in [3.8, 4) is 5.75 Å². The molecule has 0 aliphatic rings. The number of carboxylic acids is 2. The van der Waals surface area contributed by atoms with Gasteiger partial charge >= 0.3 is 11.9 Å². The Labute approximate surface area is 115 Å². The number of benzene rings is 2. The summed E-state index contributed by atoms with van der Waals surface area (Å²) in [5.41, 5.74) is 1.03. The molecule has 5 heteroatoms. The number of rotatable bonds is 5. The van der Waals surface area contributed by atoms with Gasteiger partial charge in [-0.25, -0.2) is 9.59 Å². The van der Waals surface area contributed by atoms with Crippen LogP contribution in [0.15, 0.2) is 48.5 Å². The third-order valence-corrected chi connectivity index (χ3v) is 2.66. The summed E-state index contributed by atoms with van der Waals surface area (Å²) in [6.07, 6.45) is 0. The summed E-state index contributed by atoms with van der Waals surface area (Å²) in [7, 11) is 0. The second kappa shape index (κ2) is 5.88. The van der Waals surface area contributed by atoms with Crippen LogP contribution in [0.2, 0.25) is 0 Å². The van der Waals surface area contributed by atoms with Gasteiger partial charge in [0, 0.05) is 0 Å². The summed E-state index contributed by atoms with van der Waals surface area (Å²) in [6.45, 7) is 0.171. The Morgan fingerprint density at radius 2 is 1.50 bits per heavy atom. The molecule has 5 nitrogen and oxygen atoms in total. The van der Waals surface area contributed by atoms with Gasteiger partial charge in [-0.1, -0.05) is 18.2 Å². The third kappa shape index (κ3) is 3.35. The van der Waals surface area contributed by atoms with Gasteiger partial charge in [0.25, 0.3) is 0 Å².